The molecule has 0 fully saturated rings. The van der Waals surface area contributed by atoms with Crippen molar-refractivity contribution in [2.24, 2.45) is 0 Å². The molecular weight excluding hydrogens is 292 g/mol. The smallest absolute Gasteiger partial charge is 0.328 e. The van der Waals surface area contributed by atoms with Crippen LogP contribution in [-0.2, 0) is 11.3 Å². The molecule has 2 aromatic rings. The van der Waals surface area contributed by atoms with Crippen molar-refractivity contribution in [2.45, 2.75) is 13.0 Å². The van der Waals surface area contributed by atoms with E-state index < -0.39 is 5.97 Å². The third kappa shape index (κ3) is 4.96. The molecular formula is C15H15ClN2O3. The lowest BCUT2D eigenvalue weighted by atomic mass is 10.2. The van der Waals surface area contributed by atoms with E-state index in [4.69, 9.17) is 21.4 Å². The maximum Gasteiger partial charge on any atom is 0.328 e. The fourth-order valence-corrected chi connectivity index (χ4v) is 1.97. The van der Waals surface area contributed by atoms with Crippen LogP contribution in [0.1, 0.15) is 12.0 Å². The van der Waals surface area contributed by atoms with Gasteiger partial charge in [-0.3, -0.25) is 0 Å². The van der Waals surface area contributed by atoms with Crippen LogP contribution in [0.25, 0.3) is 6.08 Å². The number of benzene rings is 1. The van der Waals surface area contributed by atoms with Gasteiger partial charge in [-0.15, -0.1) is 0 Å². The summed E-state index contributed by atoms with van der Waals surface area (Å²) in [5, 5.41) is 9.22. The molecule has 1 aromatic heterocycles. The van der Waals surface area contributed by atoms with Crippen LogP contribution < -0.4 is 4.74 Å². The number of ether oxygens (including phenoxy) is 1. The minimum absolute atomic E-state index is 0.522. The highest BCUT2D eigenvalue weighted by atomic mass is 35.5. The maximum atomic E-state index is 10.6. The van der Waals surface area contributed by atoms with Crippen molar-refractivity contribution in [3.05, 3.63) is 53.6 Å². The maximum absolute atomic E-state index is 10.6. The monoisotopic (exact) mass is 306 g/mol. The molecule has 0 aliphatic carbocycles. The van der Waals surface area contributed by atoms with Crippen LogP contribution in [0.15, 0.2) is 43.0 Å². The third-order valence-corrected chi connectivity index (χ3v) is 2.99. The van der Waals surface area contributed by atoms with Crippen LogP contribution in [0.3, 0.4) is 0 Å². The predicted octanol–water partition coefficient (Wildman–Crippen LogP) is 3.10. The molecule has 0 unspecified atom stereocenters. The van der Waals surface area contributed by atoms with Gasteiger partial charge >= 0.3 is 5.97 Å². The van der Waals surface area contributed by atoms with Gasteiger partial charge in [-0.05, 0) is 30.7 Å². The molecule has 5 nitrogen and oxygen atoms in total. The van der Waals surface area contributed by atoms with Crippen LogP contribution in [0.5, 0.6) is 5.75 Å². The van der Waals surface area contributed by atoms with E-state index in [0.717, 1.165) is 19.0 Å². The average molecular weight is 307 g/mol. The first-order chi connectivity index (χ1) is 10.1. The number of carboxylic acid groups (broad SMARTS) is 1. The first kappa shape index (κ1) is 15.1. The van der Waals surface area contributed by atoms with Crippen molar-refractivity contribution in [3.63, 3.8) is 0 Å². The molecule has 1 N–H and O–H groups in total. The van der Waals surface area contributed by atoms with Crippen molar-refractivity contribution < 1.29 is 14.6 Å². The van der Waals surface area contributed by atoms with Crippen molar-refractivity contribution in [1.29, 1.82) is 0 Å². The molecule has 0 aliphatic heterocycles. The zero-order chi connectivity index (χ0) is 15.1. The molecule has 1 aromatic carbocycles. The lowest BCUT2D eigenvalue weighted by Gasteiger charge is -2.10. The van der Waals surface area contributed by atoms with Crippen molar-refractivity contribution in [3.8, 4) is 5.75 Å². The molecule has 0 aliphatic rings. The van der Waals surface area contributed by atoms with Gasteiger partial charge in [-0.1, -0.05) is 11.6 Å². The standard InChI is InChI=1S/C15H15ClN2O3/c16-13-3-4-14(12(10-13)2-5-15(19)20)21-9-1-7-18-8-6-17-11-18/h2-6,8,10-11H,1,7,9H2,(H,19,20). The fraction of sp³-hybridized carbons (Fsp3) is 0.200. The normalized spacial score (nSPS) is 10.9. The number of halogens is 1. The van der Waals surface area contributed by atoms with Gasteiger partial charge in [-0.2, -0.15) is 0 Å². The summed E-state index contributed by atoms with van der Waals surface area (Å²) < 4.78 is 7.65. The number of carbonyl (C=O) groups is 1. The van der Waals surface area contributed by atoms with E-state index in [9.17, 15) is 4.79 Å². The quantitative estimate of drug-likeness (QED) is 0.630. The van der Waals surface area contributed by atoms with E-state index in [-0.39, 0.29) is 0 Å². The van der Waals surface area contributed by atoms with Crippen LogP contribution in [0, 0.1) is 0 Å². The number of aromatic nitrogens is 2. The Hall–Kier alpha value is -2.27. The van der Waals surface area contributed by atoms with Gasteiger partial charge in [0.2, 0.25) is 0 Å². The van der Waals surface area contributed by atoms with E-state index in [0.29, 0.717) is 22.9 Å². The lowest BCUT2D eigenvalue weighted by Crippen LogP contribution is -2.04. The molecule has 21 heavy (non-hydrogen) atoms. The molecule has 0 saturated carbocycles. The molecule has 2 rings (SSSR count). The number of nitrogens with zero attached hydrogens (tertiary/aromatic N) is 2. The zero-order valence-corrected chi connectivity index (χ0v) is 12.0. The van der Waals surface area contributed by atoms with Crippen molar-refractivity contribution in [2.75, 3.05) is 6.61 Å². The molecule has 110 valence electrons. The molecule has 6 heteroatoms. The summed E-state index contributed by atoms with van der Waals surface area (Å²) in [7, 11) is 0. The Balaban J connectivity index is 1.93. The Morgan fingerprint density at radius 1 is 1.48 bits per heavy atom. The zero-order valence-electron chi connectivity index (χ0n) is 11.3. The molecule has 0 atom stereocenters. The predicted molar refractivity (Wildman–Crippen MR) is 80.5 cm³/mol. The van der Waals surface area contributed by atoms with Gasteiger partial charge in [0, 0.05) is 35.6 Å². The summed E-state index contributed by atoms with van der Waals surface area (Å²) in [6, 6.07) is 5.12. The first-order valence-corrected chi connectivity index (χ1v) is 6.82. The van der Waals surface area contributed by atoms with Crippen LogP contribution in [0.2, 0.25) is 5.02 Å². The van der Waals surface area contributed by atoms with Gasteiger partial charge < -0.3 is 14.4 Å². The molecule has 0 amide bonds. The van der Waals surface area contributed by atoms with E-state index in [1.807, 2.05) is 10.8 Å². The second-order valence-corrected chi connectivity index (χ2v) is 4.79. The number of aryl methyl sites for hydroxylation is 1. The molecule has 0 radical (unpaired) electrons. The largest absolute Gasteiger partial charge is 0.493 e. The highest BCUT2D eigenvalue weighted by molar-refractivity contribution is 6.30. The van der Waals surface area contributed by atoms with Gasteiger partial charge in [0.25, 0.3) is 0 Å². The summed E-state index contributed by atoms with van der Waals surface area (Å²) >= 11 is 5.91. The summed E-state index contributed by atoms with van der Waals surface area (Å²) in [6.45, 7) is 1.33. The molecule has 1 heterocycles. The number of carboxylic acids is 1. The summed E-state index contributed by atoms with van der Waals surface area (Å²) in [6.07, 6.45) is 8.73. The Bertz CT molecular complexity index is 624. The summed E-state index contributed by atoms with van der Waals surface area (Å²) in [4.78, 5) is 14.6. The number of imidazole rings is 1. The van der Waals surface area contributed by atoms with E-state index in [1.54, 1.807) is 30.7 Å². The summed E-state index contributed by atoms with van der Waals surface area (Å²) in [5.74, 6) is -0.399. The van der Waals surface area contributed by atoms with Gasteiger partial charge in [-0.25, -0.2) is 9.78 Å². The van der Waals surface area contributed by atoms with E-state index in [1.165, 1.54) is 6.08 Å². The Morgan fingerprint density at radius 3 is 3.05 bits per heavy atom. The highest BCUT2D eigenvalue weighted by Crippen LogP contribution is 2.24. The van der Waals surface area contributed by atoms with Crippen molar-refractivity contribution >= 4 is 23.6 Å². The number of hydrogen-bond donors (Lipinski definition) is 1. The Morgan fingerprint density at radius 2 is 2.33 bits per heavy atom. The van der Waals surface area contributed by atoms with Gasteiger partial charge in [0.1, 0.15) is 5.75 Å². The number of hydrogen-bond acceptors (Lipinski definition) is 3. The third-order valence-electron chi connectivity index (χ3n) is 2.75. The first-order valence-electron chi connectivity index (χ1n) is 6.44. The molecule has 0 spiro atoms. The molecule has 0 saturated heterocycles. The van der Waals surface area contributed by atoms with Crippen LogP contribution in [-0.4, -0.2) is 27.2 Å². The van der Waals surface area contributed by atoms with E-state index in [2.05, 4.69) is 4.98 Å². The van der Waals surface area contributed by atoms with Gasteiger partial charge in [0.05, 0.1) is 12.9 Å². The second-order valence-electron chi connectivity index (χ2n) is 4.36. The minimum Gasteiger partial charge on any atom is -0.493 e. The lowest BCUT2D eigenvalue weighted by molar-refractivity contribution is -0.131. The Labute approximate surface area is 127 Å². The van der Waals surface area contributed by atoms with Gasteiger partial charge in [0.15, 0.2) is 0 Å². The minimum atomic E-state index is -1.01. The average Bonchev–Trinajstić information content (AvgIpc) is 2.96. The van der Waals surface area contributed by atoms with Crippen LogP contribution >= 0.6 is 11.6 Å². The SMILES string of the molecule is O=C(O)C=Cc1cc(Cl)ccc1OCCCn1ccnc1. The number of rotatable bonds is 7. The summed E-state index contributed by atoms with van der Waals surface area (Å²) in [5.41, 5.74) is 0.646. The topological polar surface area (TPSA) is 64.3 Å². The number of aliphatic carboxylic acids is 1. The van der Waals surface area contributed by atoms with Crippen LogP contribution in [0.4, 0.5) is 0 Å². The molecule has 0 bridgehead atoms. The van der Waals surface area contributed by atoms with Crippen molar-refractivity contribution in [1.82, 2.24) is 9.55 Å². The van der Waals surface area contributed by atoms with E-state index >= 15 is 0 Å². The second kappa shape index (κ2) is 7.50. The Kier molecular flexibility index (Phi) is 5.40. The fourth-order valence-electron chi connectivity index (χ4n) is 1.79. The highest BCUT2D eigenvalue weighted by Gasteiger charge is 2.03.